The van der Waals surface area contributed by atoms with Crippen LogP contribution in [0.25, 0.3) is 0 Å². The molecule has 3 N–H and O–H groups in total. The normalized spacial score (nSPS) is 12.0. The second-order valence-electron chi connectivity index (χ2n) is 3.50. The van der Waals surface area contributed by atoms with Gasteiger partial charge in [0.15, 0.2) is 11.6 Å². The van der Waals surface area contributed by atoms with Crippen molar-refractivity contribution in [3.63, 3.8) is 0 Å². The van der Waals surface area contributed by atoms with Crippen molar-refractivity contribution in [1.29, 1.82) is 0 Å². The van der Waals surface area contributed by atoms with Crippen molar-refractivity contribution >= 4 is 5.91 Å². The van der Waals surface area contributed by atoms with Crippen LogP contribution in [0.2, 0.25) is 0 Å². The van der Waals surface area contributed by atoms with E-state index in [0.29, 0.717) is 0 Å². The summed E-state index contributed by atoms with van der Waals surface area (Å²) in [6.07, 6.45) is 0. The van der Waals surface area contributed by atoms with Crippen LogP contribution < -0.4 is 15.8 Å². The molecule has 1 aromatic rings. The lowest BCUT2D eigenvalue weighted by Crippen LogP contribution is -2.40. The molecule has 0 aliphatic rings. The molecule has 1 unspecified atom stereocenters. The number of ether oxygens (including phenoxy) is 1. The first-order valence-electron chi connectivity index (χ1n) is 5.12. The van der Waals surface area contributed by atoms with Crippen molar-refractivity contribution in [2.24, 2.45) is 5.73 Å². The average molecular weight is 244 g/mol. The van der Waals surface area contributed by atoms with Crippen LogP contribution in [0.4, 0.5) is 8.78 Å². The Morgan fingerprint density at radius 3 is 2.76 bits per heavy atom. The number of hydrogen-bond acceptors (Lipinski definition) is 3. The van der Waals surface area contributed by atoms with Crippen molar-refractivity contribution in [2.75, 3.05) is 13.2 Å². The Bertz CT molecular complexity index is 397. The lowest BCUT2D eigenvalue weighted by Gasteiger charge is -2.09. The molecule has 4 nitrogen and oxygen atoms in total. The molecule has 1 amide bonds. The van der Waals surface area contributed by atoms with Gasteiger partial charge in [-0.3, -0.25) is 4.79 Å². The predicted molar refractivity (Wildman–Crippen MR) is 58.5 cm³/mol. The molecule has 1 rings (SSSR count). The van der Waals surface area contributed by atoms with Crippen LogP contribution in [0, 0.1) is 11.6 Å². The third-order valence-corrected chi connectivity index (χ3v) is 1.97. The molecule has 0 aliphatic carbocycles. The van der Waals surface area contributed by atoms with Crippen LogP contribution in [0.3, 0.4) is 0 Å². The quantitative estimate of drug-likeness (QED) is 0.753. The zero-order valence-electron chi connectivity index (χ0n) is 9.37. The van der Waals surface area contributed by atoms with E-state index in [9.17, 15) is 13.6 Å². The molecule has 0 radical (unpaired) electrons. The van der Waals surface area contributed by atoms with Crippen LogP contribution in [0.15, 0.2) is 18.2 Å². The first-order valence-corrected chi connectivity index (χ1v) is 5.12. The van der Waals surface area contributed by atoms with Gasteiger partial charge in [-0.1, -0.05) is 0 Å². The topological polar surface area (TPSA) is 64.4 Å². The summed E-state index contributed by atoms with van der Waals surface area (Å²) in [7, 11) is 0. The summed E-state index contributed by atoms with van der Waals surface area (Å²) in [5, 5.41) is 2.52. The Balaban J connectivity index is 2.31. The molecule has 0 saturated heterocycles. The van der Waals surface area contributed by atoms with Crippen molar-refractivity contribution in [3.05, 3.63) is 29.8 Å². The van der Waals surface area contributed by atoms with Gasteiger partial charge in [0.25, 0.3) is 0 Å². The number of amides is 1. The zero-order chi connectivity index (χ0) is 12.8. The van der Waals surface area contributed by atoms with Crippen molar-refractivity contribution < 1.29 is 18.3 Å². The van der Waals surface area contributed by atoms with E-state index in [-0.39, 0.29) is 24.8 Å². The van der Waals surface area contributed by atoms with E-state index in [1.165, 1.54) is 6.07 Å². The highest BCUT2D eigenvalue weighted by molar-refractivity contribution is 5.80. The van der Waals surface area contributed by atoms with Crippen molar-refractivity contribution in [1.82, 2.24) is 5.32 Å². The molecule has 0 heterocycles. The SMILES string of the molecule is CC(N)C(=O)NCCOc1ccc(F)c(F)c1. The fraction of sp³-hybridized carbons (Fsp3) is 0.364. The Hall–Kier alpha value is -1.69. The summed E-state index contributed by atoms with van der Waals surface area (Å²) in [5.41, 5.74) is 5.32. The van der Waals surface area contributed by atoms with Gasteiger partial charge in [-0.15, -0.1) is 0 Å². The van der Waals surface area contributed by atoms with E-state index in [4.69, 9.17) is 10.5 Å². The van der Waals surface area contributed by atoms with E-state index < -0.39 is 17.7 Å². The zero-order valence-corrected chi connectivity index (χ0v) is 9.37. The Kier molecular flexibility index (Phi) is 4.84. The molecule has 0 bridgehead atoms. The Labute approximate surface area is 97.8 Å². The largest absolute Gasteiger partial charge is 0.492 e. The first-order chi connectivity index (χ1) is 8.00. The highest BCUT2D eigenvalue weighted by Gasteiger charge is 2.06. The summed E-state index contributed by atoms with van der Waals surface area (Å²) in [5.74, 6) is -1.98. The fourth-order valence-electron chi connectivity index (χ4n) is 1.07. The number of benzene rings is 1. The maximum atomic E-state index is 12.8. The van der Waals surface area contributed by atoms with Gasteiger partial charge >= 0.3 is 0 Å². The van der Waals surface area contributed by atoms with Gasteiger partial charge in [0.1, 0.15) is 12.4 Å². The average Bonchev–Trinajstić information content (AvgIpc) is 2.28. The lowest BCUT2D eigenvalue weighted by molar-refractivity contribution is -0.122. The number of hydrogen-bond donors (Lipinski definition) is 2. The molecule has 17 heavy (non-hydrogen) atoms. The maximum Gasteiger partial charge on any atom is 0.236 e. The monoisotopic (exact) mass is 244 g/mol. The predicted octanol–water partition coefficient (Wildman–Crippen LogP) is 0.807. The number of rotatable bonds is 5. The number of carbonyl (C=O) groups is 1. The summed E-state index contributed by atoms with van der Waals surface area (Å²) in [4.78, 5) is 11.1. The van der Waals surface area contributed by atoms with Crippen LogP contribution in [-0.4, -0.2) is 25.1 Å². The lowest BCUT2D eigenvalue weighted by atomic mass is 10.3. The molecule has 0 aliphatic heterocycles. The third kappa shape index (κ3) is 4.36. The maximum absolute atomic E-state index is 12.8. The number of carbonyl (C=O) groups excluding carboxylic acids is 1. The highest BCUT2D eigenvalue weighted by atomic mass is 19.2. The van der Waals surface area contributed by atoms with Gasteiger partial charge in [0.2, 0.25) is 5.91 Å². The molecular formula is C11H14F2N2O2. The van der Waals surface area contributed by atoms with Gasteiger partial charge in [-0.05, 0) is 19.1 Å². The molecule has 94 valence electrons. The van der Waals surface area contributed by atoms with Gasteiger partial charge in [-0.25, -0.2) is 8.78 Å². The minimum atomic E-state index is -0.970. The minimum absolute atomic E-state index is 0.156. The molecule has 1 atom stereocenters. The Morgan fingerprint density at radius 1 is 1.47 bits per heavy atom. The van der Waals surface area contributed by atoms with E-state index in [1.807, 2.05) is 0 Å². The van der Waals surface area contributed by atoms with Gasteiger partial charge in [0, 0.05) is 6.07 Å². The summed E-state index contributed by atoms with van der Waals surface area (Å²) >= 11 is 0. The standard InChI is InChI=1S/C11H14F2N2O2/c1-7(14)11(16)15-4-5-17-8-2-3-9(12)10(13)6-8/h2-3,6-7H,4-5,14H2,1H3,(H,15,16). The van der Waals surface area contributed by atoms with E-state index in [0.717, 1.165) is 12.1 Å². The summed E-state index contributed by atoms with van der Waals surface area (Å²) in [6.45, 7) is 1.97. The molecular weight excluding hydrogens is 230 g/mol. The first kappa shape index (κ1) is 13.4. The van der Waals surface area contributed by atoms with Crippen molar-refractivity contribution in [2.45, 2.75) is 13.0 Å². The Morgan fingerprint density at radius 2 is 2.18 bits per heavy atom. The third-order valence-electron chi connectivity index (χ3n) is 1.97. The van der Waals surface area contributed by atoms with Crippen LogP contribution in [0.1, 0.15) is 6.92 Å². The molecule has 0 spiro atoms. The van der Waals surface area contributed by atoms with Crippen molar-refractivity contribution in [3.8, 4) is 5.75 Å². The summed E-state index contributed by atoms with van der Waals surface area (Å²) < 4.78 is 30.5. The van der Waals surface area contributed by atoms with Crippen LogP contribution in [0.5, 0.6) is 5.75 Å². The van der Waals surface area contributed by atoms with Gasteiger partial charge in [-0.2, -0.15) is 0 Å². The molecule has 6 heteroatoms. The smallest absolute Gasteiger partial charge is 0.236 e. The van der Waals surface area contributed by atoms with Crippen LogP contribution >= 0.6 is 0 Å². The number of nitrogens with one attached hydrogen (secondary N) is 1. The summed E-state index contributed by atoms with van der Waals surface area (Å²) in [6, 6.07) is 2.65. The second kappa shape index (κ2) is 6.15. The minimum Gasteiger partial charge on any atom is -0.492 e. The molecule has 1 aromatic carbocycles. The second-order valence-corrected chi connectivity index (χ2v) is 3.50. The fourth-order valence-corrected chi connectivity index (χ4v) is 1.07. The van der Waals surface area contributed by atoms with Gasteiger partial charge < -0.3 is 15.8 Å². The highest BCUT2D eigenvalue weighted by Crippen LogP contribution is 2.14. The van der Waals surface area contributed by atoms with E-state index in [2.05, 4.69) is 5.32 Å². The molecule has 0 aromatic heterocycles. The number of halogens is 2. The number of nitrogens with two attached hydrogens (primary N) is 1. The molecule has 0 fully saturated rings. The van der Waals surface area contributed by atoms with E-state index in [1.54, 1.807) is 6.92 Å². The molecule has 0 saturated carbocycles. The van der Waals surface area contributed by atoms with E-state index >= 15 is 0 Å². The van der Waals surface area contributed by atoms with Gasteiger partial charge in [0.05, 0.1) is 12.6 Å². The van der Waals surface area contributed by atoms with Crippen LogP contribution in [-0.2, 0) is 4.79 Å².